The number of anilines is 1. The molecule has 0 saturated heterocycles. The number of carbonyl (C=O) groups excluding carboxylic acids is 1. The molecule has 0 spiro atoms. The van der Waals surface area contributed by atoms with Crippen molar-refractivity contribution in [3.05, 3.63) is 29.8 Å². The van der Waals surface area contributed by atoms with Crippen molar-refractivity contribution in [3.8, 4) is 0 Å². The standard InChI is InChI=1S/C14H20N2O3/c1-10(15)4-3-5-13(17)16(2)12-8-6-11(7-9-12)14(18)19/h6-10H,3-5,15H2,1-2H3,(H,18,19). The van der Waals surface area contributed by atoms with Gasteiger partial charge in [-0.1, -0.05) is 0 Å². The SMILES string of the molecule is CC(N)CCCC(=O)N(C)c1ccc(C(=O)O)cc1. The largest absolute Gasteiger partial charge is 0.478 e. The number of hydrogen-bond acceptors (Lipinski definition) is 3. The normalized spacial score (nSPS) is 11.9. The summed E-state index contributed by atoms with van der Waals surface area (Å²) in [6.07, 6.45) is 2.02. The lowest BCUT2D eigenvalue weighted by molar-refractivity contribution is -0.118. The maximum absolute atomic E-state index is 11.9. The highest BCUT2D eigenvalue weighted by Gasteiger charge is 2.11. The van der Waals surface area contributed by atoms with Crippen molar-refractivity contribution >= 4 is 17.6 Å². The first-order valence-corrected chi connectivity index (χ1v) is 6.27. The highest BCUT2D eigenvalue weighted by Crippen LogP contribution is 2.15. The minimum atomic E-state index is -0.975. The molecule has 1 aromatic carbocycles. The van der Waals surface area contributed by atoms with Crippen molar-refractivity contribution in [3.63, 3.8) is 0 Å². The Balaban J connectivity index is 2.58. The maximum atomic E-state index is 11.9. The number of hydrogen-bond donors (Lipinski definition) is 2. The Bertz CT molecular complexity index is 441. The molecular weight excluding hydrogens is 244 g/mol. The van der Waals surface area contributed by atoms with Gasteiger partial charge in [-0.2, -0.15) is 0 Å². The van der Waals surface area contributed by atoms with Crippen LogP contribution in [0.15, 0.2) is 24.3 Å². The molecule has 0 aliphatic rings. The van der Waals surface area contributed by atoms with Gasteiger partial charge in [0.25, 0.3) is 0 Å². The monoisotopic (exact) mass is 264 g/mol. The second-order valence-electron chi connectivity index (χ2n) is 4.67. The van der Waals surface area contributed by atoms with Gasteiger partial charge in [-0.3, -0.25) is 4.79 Å². The van der Waals surface area contributed by atoms with Crippen molar-refractivity contribution in [2.24, 2.45) is 5.73 Å². The molecule has 104 valence electrons. The molecule has 0 radical (unpaired) electrons. The number of rotatable bonds is 6. The van der Waals surface area contributed by atoms with Crippen LogP contribution in [0.5, 0.6) is 0 Å². The van der Waals surface area contributed by atoms with Crippen LogP contribution in [-0.4, -0.2) is 30.1 Å². The molecular formula is C14H20N2O3. The first-order chi connectivity index (χ1) is 8.91. The molecule has 1 aromatic rings. The van der Waals surface area contributed by atoms with Gasteiger partial charge in [0.05, 0.1) is 5.56 Å². The molecule has 19 heavy (non-hydrogen) atoms. The van der Waals surface area contributed by atoms with Crippen LogP contribution in [0.4, 0.5) is 5.69 Å². The molecule has 5 nitrogen and oxygen atoms in total. The van der Waals surface area contributed by atoms with E-state index in [1.807, 2.05) is 6.92 Å². The van der Waals surface area contributed by atoms with Crippen molar-refractivity contribution in [2.75, 3.05) is 11.9 Å². The summed E-state index contributed by atoms with van der Waals surface area (Å²) in [5, 5.41) is 8.80. The van der Waals surface area contributed by atoms with Gasteiger partial charge < -0.3 is 15.7 Å². The van der Waals surface area contributed by atoms with Gasteiger partial charge in [0.1, 0.15) is 0 Å². The third kappa shape index (κ3) is 4.71. The quantitative estimate of drug-likeness (QED) is 0.821. The number of carbonyl (C=O) groups is 2. The molecule has 0 aliphatic heterocycles. The molecule has 0 saturated carbocycles. The fourth-order valence-electron chi connectivity index (χ4n) is 1.71. The Hall–Kier alpha value is -1.88. The van der Waals surface area contributed by atoms with Crippen molar-refractivity contribution in [2.45, 2.75) is 32.2 Å². The molecule has 0 fully saturated rings. The first-order valence-electron chi connectivity index (χ1n) is 6.27. The van der Waals surface area contributed by atoms with E-state index in [0.717, 1.165) is 12.8 Å². The van der Waals surface area contributed by atoms with Gasteiger partial charge in [0.2, 0.25) is 5.91 Å². The Morgan fingerprint density at radius 3 is 2.37 bits per heavy atom. The molecule has 1 rings (SSSR count). The molecule has 0 bridgehead atoms. The van der Waals surface area contributed by atoms with Crippen LogP contribution in [0.1, 0.15) is 36.5 Å². The van der Waals surface area contributed by atoms with E-state index in [0.29, 0.717) is 12.1 Å². The summed E-state index contributed by atoms with van der Waals surface area (Å²) in [5.74, 6) is -0.971. The Kier molecular flexibility index (Phi) is 5.51. The van der Waals surface area contributed by atoms with Crippen LogP contribution in [0, 0.1) is 0 Å². The average molecular weight is 264 g/mol. The lowest BCUT2D eigenvalue weighted by Gasteiger charge is -2.17. The van der Waals surface area contributed by atoms with Crippen LogP contribution < -0.4 is 10.6 Å². The summed E-state index contributed by atoms with van der Waals surface area (Å²) in [5.41, 5.74) is 6.53. The minimum absolute atomic E-state index is 0.00345. The minimum Gasteiger partial charge on any atom is -0.478 e. The van der Waals surface area contributed by atoms with E-state index in [-0.39, 0.29) is 17.5 Å². The van der Waals surface area contributed by atoms with Gasteiger partial charge in [-0.15, -0.1) is 0 Å². The van der Waals surface area contributed by atoms with Crippen LogP contribution in [0.25, 0.3) is 0 Å². The summed E-state index contributed by atoms with van der Waals surface area (Å²) in [6.45, 7) is 1.92. The Morgan fingerprint density at radius 1 is 1.32 bits per heavy atom. The lowest BCUT2D eigenvalue weighted by atomic mass is 10.1. The number of amides is 1. The number of benzene rings is 1. The third-order valence-electron chi connectivity index (χ3n) is 2.93. The van der Waals surface area contributed by atoms with Gasteiger partial charge in [0, 0.05) is 25.2 Å². The summed E-state index contributed by atoms with van der Waals surface area (Å²) in [7, 11) is 1.68. The van der Waals surface area contributed by atoms with E-state index < -0.39 is 5.97 Å². The zero-order chi connectivity index (χ0) is 14.4. The van der Waals surface area contributed by atoms with Crippen molar-refractivity contribution in [1.82, 2.24) is 0 Å². The summed E-state index contributed by atoms with van der Waals surface area (Å²) >= 11 is 0. The third-order valence-corrected chi connectivity index (χ3v) is 2.93. The summed E-state index contributed by atoms with van der Waals surface area (Å²) < 4.78 is 0. The van der Waals surface area contributed by atoms with E-state index in [1.54, 1.807) is 19.2 Å². The highest BCUT2D eigenvalue weighted by molar-refractivity contribution is 5.94. The van der Waals surface area contributed by atoms with E-state index in [9.17, 15) is 9.59 Å². The molecule has 1 unspecified atom stereocenters. The zero-order valence-electron chi connectivity index (χ0n) is 11.3. The van der Waals surface area contributed by atoms with E-state index >= 15 is 0 Å². The Labute approximate surface area is 113 Å². The fourth-order valence-corrected chi connectivity index (χ4v) is 1.71. The van der Waals surface area contributed by atoms with E-state index in [1.165, 1.54) is 17.0 Å². The number of carboxylic acids is 1. The van der Waals surface area contributed by atoms with Gasteiger partial charge in [-0.05, 0) is 44.0 Å². The predicted octanol–water partition coefficient (Wildman–Crippen LogP) is 1.87. The second kappa shape index (κ2) is 6.89. The lowest BCUT2D eigenvalue weighted by Crippen LogP contribution is -2.26. The number of aromatic carboxylic acids is 1. The zero-order valence-corrected chi connectivity index (χ0v) is 11.3. The highest BCUT2D eigenvalue weighted by atomic mass is 16.4. The van der Waals surface area contributed by atoms with Crippen LogP contribution in [0.3, 0.4) is 0 Å². The van der Waals surface area contributed by atoms with Crippen molar-refractivity contribution in [1.29, 1.82) is 0 Å². The van der Waals surface area contributed by atoms with E-state index in [4.69, 9.17) is 10.8 Å². The van der Waals surface area contributed by atoms with Crippen LogP contribution in [0.2, 0.25) is 0 Å². The maximum Gasteiger partial charge on any atom is 0.335 e. The number of carboxylic acid groups (broad SMARTS) is 1. The fraction of sp³-hybridized carbons (Fsp3) is 0.429. The average Bonchev–Trinajstić information content (AvgIpc) is 2.37. The summed E-state index contributed by atoms with van der Waals surface area (Å²) in [4.78, 5) is 24.2. The molecule has 0 heterocycles. The first kappa shape index (κ1) is 15.2. The number of nitrogens with zero attached hydrogens (tertiary/aromatic N) is 1. The van der Waals surface area contributed by atoms with E-state index in [2.05, 4.69) is 0 Å². The summed E-state index contributed by atoms with van der Waals surface area (Å²) in [6, 6.07) is 6.35. The topological polar surface area (TPSA) is 83.6 Å². The molecule has 1 amide bonds. The Morgan fingerprint density at radius 2 is 1.89 bits per heavy atom. The van der Waals surface area contributed by atoms with Crippen molar-refractivity contribution < 1.29 is 14.7 Å². The molecule has 0 aromatic heterocycles. The molecule has 3 N–H and O–H groups in total. The predicted molar refractivity (Wildman–Crippen MR) is 74.3 cm³/mol. The smallest absolute Gasteiger partial charge is 0.335 e. The second-order valence-corrected chi connectivity index (χ2v) is 4.67. The molecule has 0 aliphatic carbocycles. The number of nitrogens with two attached hydrogens (primary N) is 1. The van der Waals surface area contributed by atoms with Crippen LogP contribution >= 0.6 is 0 Å². The molecule has 5 heteroatoms. The van der Waals surface area contributed by atoms with Gasteiger partial charge in [-0.25, -0.2) is 4.79 Å². The molecule has 1 atom stereocenters. The van der Waals surface area contributed by atoms with Gasteiger partial charge in [0.15, 0.2) is 0 Å². The van der Waals surface area contributed by atoms with Gasteiger partial charge >= 0.3 is 5.97 Å². The van der Waals surface area contributed by atoms with Crippen LogP contribution in [-0.2, 0) is 4.79 Å².